The van der Waals surface area contributed by atoms with Gasteiger partial charge in [-0.15, -0.1) is 0 Å². The van der Waals surface area contributed by atoms with E-state index in [1.807, 2.05) is 12.1 Å². The Labute approximate surface area is 180 Å². The average Bonchev–Trinajstić information content (AvgIpc) is 2.75. The molecule has 0 saturated heterocycles. The van der Waals surface area contributed by atoms with Crippen LogP contribution in [0.3, 0.4) is 0 Å². The van der Waals surface area contributed by atoms with Crippen molar-refractivity contribution in [3.63, 3.8) is 0 Å². The molecule has 0 heterocycles. The van der Waals surface area contributed by atoms with Gasteiger partial charge in [-0.05, 0) is 60.5 Å². The zero-order chi connectivity index (χ0) is 21.6. The van der Waals surface area contributed by atoms with Crippen LogP contribution in [0.4, 0.5) is 10.1 Å². The molecule has 1 amide bonds. The third-order valence-corrected chi connectivity index (χ3v) is 6.42. The van der Waals surface area contributed by atoms with Crippen LogP contribution in [-0.2, 0) is 21.2 Å². The molecule has 0 atom stereocenters. The van der Waals surface area contributed by atoms with Gasteiger partial charge >= 0.3 is 0 Å². The fourth-order valence-corrected chi connectivity index (χ4v) is 4.39. The Hall–Kier alpha value is -2.90. The summed E-state index contributed by atoms with van der Waals surface area (Å²) >= 11 is 5.86. The molecule has 0 aliphatic rings. The lowest BCUT2D eigenvalue weighted by Crippen LogP contribution is -2.41. The minimum Gasteiger partial charge on any atom is -0.354 e. The van der Waals surface area contributed by atoms with Crippen molar-refractivity contribution in [1.29, 1.82) is 0 Å². The Balaban J connectivity index is 1.74. The molecule has 30 heavy (non-hydrogen) atoms. The number of benzene rings is 3. The van der Waals surface area contributed by atoms with Gasteiger partial charge in [-0.25, -0.2) is 12.8 Å². The van der Waals surface area contributed by atoms with Gasteiger partial charge in [0.25, 0.3) is 10.0 Å². The van der Waals surface area contributed by atoms with Crippen LogP contribution in [0, 0.1) is 5.82 Å². The van der Waals surface area contributed by atoms with E-state index in [0.717, 1.165) is 22.0 Å². The smallest absolute Gasteiger partial charge is 0.264 e. The van der Waals surface area contributed by atoms with Gasteiger partial charge in [0.2, 0.25) is 5.91 Å². The first-order valence-electron chi connectivity index (χ1n) is 9.21. The molecule has 0 spiro atoms. The summed E-state index contributed by atoms with van der Waals surface area (Å²) in [5, 5.41) is 3.36. The molecule has 0 fully saturated rings. The Morgan fingerprint density at radius 1 is 0.933 bits per heavy atom. The predicted molar refractivity (Wildman–Crippen MR) is 116 cm³/mol. The van der Waals surface area contributed by atoms with E-state index in [-0.39, 0.29) is 10.6 Å². The van der Waals surface area contributed by atoms with Crippen LogP contribution in [0.2, 0.25) is 5.02 Å². The Morgan fingerprint density at radius 2 is 1.57 bits per heavy atom. The molecule has 0 aliphatic carbocycles. The lowest BCUT2D eigenvalue weighted by Gasteiger charge is -2.24. The number of amides is 1. The van der Waals surface area contributed by atoms with E-state index in [1.165, 1.54) is 24.3 Å². The van der Waals surface area contributed by atoms with Crippen LogP contribution >= 0.6 is 11.6 Å². The first-order chi connectivity index (χ1) is 14.4. The number of hydrogen-bond acceptors (Lipinski definition) is 3. The molecule has 5 nitrogen and oxygen atoms in total. The first kappa shape index (κ1) is 21.8. The van der Waals surface area contributed by atoms with Crippen molar-refractivity contribution in [3.8, 4) is 0 Å². The molecule has 3 aromatic rings. The second kappa shape index (κ2) is 9.73. The molecule has 3 rings (SSSR count). The third kappa shape index (κ3) is 5.58. The molecule has 0 aliphatic heterocycles. The third-order valence-electron chi connectivity index (χ3n) is 4.38. The summed E-state index contributed by atoms with van der Waals surface area (Å²) in [6.45, 7) is -0.0907. The number of halogens is 2. The Kier molecular flexibility index (Phi) is 7.07. The Bertz CT molecular complexity index is 1090. The maximum absolute atomic E-state index is 13.3. The average molecular weight is 447 g/mol. The van der Waals surface area contributed by atoms with Crippen LogP contribution in [0.5, 0.6) is 0 Å². The summed E-state index contributed by atoms with van der Waals surface area (Å²) < 4.78 is 40.5. The second-order valence-corrected chi connectivity index (χ2v) is 8.83. The van der Waals surface area contributed by atoms with E-state index in [0.29, 0.717) is 18.0 Å². The molecular weight excluding hydrogens is 427 g/mol. The summed E-state index contributed by atoms with van der Waals surface area (Å²) in [7, 11) is -4.01. The number of carbonyl (C=O) groups is 1. The van der Waals surface area contributed by atoms with E-state index >= 15 is 0 Å². The van der Waals surface area contributed by atoms with Crippen molar-refractivity contribution < 1.29 is 17.6 Å². The highest BCUT2D eigenvalue weighted by molar-refractivity contribution is 7.92. The fraction of sp³-hybridized carbons (Fsp3) is 0.136. The molecule has 0 saturated carbocycles. The monoisotopic (exact) mass is 446 g/mol. The second-order valence-electron chi connectivity index (χ2n) is 6.53. The predicted octanol–water partition coefficient (Wildman–Crippen LogP) is 4.03. The standard InChI is InChI=1S/C22H20ClFN2O3S/c23-18-8-6-17(7-9-18)14-15-25-22(27)16-26(20-12-10-19(24)11-13-20)30(28,29)21-4-2-1-3-5-21/h1-13H,14-16H2,(H,25,27). The maximum Gasteiger partial charge on any atom is 0.264 e. The molecule has 8 heteroatoms. The Morgan fingerprint density at radius 3 is 2.20 bits per heavy atom. The van der Waals surface area contributed by atoms with E-state index in [9.17, 15) is 17.6 Å². The number of sulfonamides is 1. The minimum absolute atomic E-state index is 0.0447. The van der Waals surface area contributed by atoms with Crippen molar-refractivity contribution >= 4 is 33.2 Å². The quantitative estimate of drug-likeness (QED) is 0.568. The number of nitrogens with zero attached hydrogens (tertiary/aromatic N) is 1. The summed E-state index contributed by atoms with van der Waals surface area (Å²) in [5.74, 6) is -0.962. The first-order valence-corrected chi connectivity index (χ1v) is 11.0. The van der Waals surface area contributed by atoms with E-state index in [1.54, 1.807) is 30.3 Å². The van der Waals surface area contributed by atoms with Gasteiger partial charge < -0.3 is 5.32 Å². The molecule has 0 aromatic heterocycles. The molecule has 1 N–H and O–H groups in total. The summed E-state index contributed by atoms with van der Waals surface area (Å²) in [5.41, 5.74) is 1.19. The molecule has 3 aromatic carbocycles. The maximum atomic E-state index is 13.3. The van der Waals surface area contributed by atoms with Gasteiger partial charge in [-0.1, -0.05) is 41.9 Å². The van der Waals surface area contributed by atoms with E-state index < -0.39 is 28.3 Å². The highest BCUT2D eigenvalue weighted by Crippen LogP contribution is 2.23. The van der Waals surface area contributed by atoms with Gasteiger partial charge in [0.05, 0.1) is 10.6 Å². The summed E-state index contributed by atoms with van der Waals surface area (Å²) in [6, 6.07) is 20.0. The molecule has 0 radical (unpaired) electrons. The number of rotatable bonds is 8. The van der Waals surface area contributed by atoms with Crippen molar-refractivity contribution in [2.24, 2.45) is 0 Å². The highest BCUT2D eigenvalue weighted by atomic mass is 35.5. The largest absolute Gasteiger partial charge is 0.354 e. The molecular formula is C22H20ClFN2O3S. The number of nitrogens with one attached hydrogen (secondary N) is 1. The van der Waals surface area contributed by atoms with Crippen LogP contribution in [0.15, 0.2) is 83.8 Å². The van der Waals surface area contributed by atoms with Gasteiger partial charge in [0.1, 0.15) is 12.4 Å². The lowest BCUT2D eigenvalue weighted by atomic mass is 10.1. The van der Waals surface area contributed by atoms with Crippen LogP contribution in [-0.4, -0.2) is 27.4 Å². The van der Waals surface area contributed by atoms with E-state index in [2.05, 4.69) is 5.32 Å². The number of hydrogen-bond donors (Lipinski definition) is 1. The van der Waals surface area contributed by atoms with Gasteiger partial charge in [-0.3, -0.25) is 9.10 Å². The number of carbonyl (C=O) groups excluding carboxylic acids is 1. The normalized spacial score (nSPS) is 11.1. The van der Waals surface area contributed by atoms with Gasteiger partial charge in [-0.2, -0.15) is 0 Å². The SMILES string of the molecule is O=C(CN(c1ccc(F)cc1)S(=O)(=O)c1ccccc1)NCCc1ccc(Cl)cc1. The molecule has 0 unspecified atom stereocenters. The van der Waals surface area contributed by atoms with Gasteiger partial charge in [0, 0.05) is 11.6 Å². The van der Waals surface area contributed by atoms with Crippen LogP contribution in [0.1, 0.15) is 5.56 Å². The van der Waals surface area contributed by atoms with Crippen molar-refractivity contribution in [2.45, 2.75) is 11.3 Å². The zero-order valence-corrected chi connectivity index (χ0v) is 17.5. The highest BCUT2D eigenvalue weighted by Gasteiger charge is 2.27. The van der Waals surface area contributed by atoms with Crippen LogP contribution in [0.25, 0.3) is 0 Å². The molecule has 0 bridgehead atoms. The van der Waals surface area contributed by atoms with Gasteiger partial charge in [0.15, 0.2) is 0 Å². The summed E-state index contributed by atoms with van der Waals surface area (Å²) in [6.07, 6.45) is 0.574. The molecule has 156 valence electrons. The van der Waals surface area contributed by atoms with Crippen LogP contribution < -0.4 is 9.62 Å². The minimum atomic E-state index is -4.01. The lowest BCUT2D eigenvalue weighted by molar-refractivity contribution is -0.119. The summed E-state index contributed by atoms with van der Waals surface area (Å²) in [4.78, 5) is 12.5. The number of anilines is 1. The topological polar surface area (TPSA) is 66.5 Å². The van der Waals surface area contributed by atoms with Crippen molar-refractivity contribution in [3.05, 3.63) is 95.3 Å². The fourth-order valence-electron chi connectivity index (χ4n) is 2.83. The van der Waals surface area contributed by atoms with Crippen molar-refractivity contribution in [1.82, 2.24) is 5.32 Å². The van der Waals surface area contributed by atoms with Crippen molar-refractivity contribution in [2.75, 3.05) is 17.4 Å². The zero-order valence-electron chi connectivity index (χ0n) is 16.0. The van der Waals surface area contributed by atoms with E-state index in [4.69, 9.17) is 11.6 Å².